The summed E-state index contributed by atoms with van der Waals surface area (Å²) in [5.41, 5.74) is 0.153. The number of allylic oxidation sites excluding steroid dienone is 2. The SMILES string of the molecule is CC=C(NCC)C(=O)C(=O)[O-].CC=C(NCC)C(=O)C(=O)[O-].[Cu+2]. The summed E-state index contributed by atoms with van der Waals surface area (Å²) < 4.78 is 0. The number of aliphatic carboxylic acids is 2. The molecule has 1 radical (unpaired) electrons. The molecule has 0 aromatic carbocycles. The summed E-state index contributed by atoms with van der Waals surface area (Å²) in [5, 5.41) is 25.3. The van der Waals surface area contributed by atoms with Gasteiger partial charge in [-0.05, 0) is 27.7 Å². The zero-order chi connectivity index (χ0) is 17.7. The fourth-order valence-corrected chi connectivity index (χ4v) is 1.23. The Balaban J connectivity index is -0.000000333. The Kier molecular flexibility index (Phi) is 16.6. The van der Waals surface area contributed by atoms with Gasteiger partial charge in [-0.25, -0.2) is 0 Å². The molecule has 0 aliphatic rings. The first-order valence-corrected chi connectivity index (χ1v) is 6.58. The van der Waals surface area contributed by atoms with Gasteiger partial charge >= 0.3 is 17.1 Å². The van der Waals surface area contributed by atoms with Crippen molar-refractivity contribution in [3.05, 3.63) is 23.5 Å². The Labute approximate surface area is 145 Å². The van der Waals surface area contributed by atoms with Gasteiger partial charge in [0, 0.05) is 13.1 Å². The first-order valence-electron chi connectivity index (χ1n) is 6.58. The van der Waals surface area contributed by atoms with Gasteiger partial charge in [-0.2, -0.15) is 0 Å². The van der Waals surface area contributed by atoms with Crippen LogP contribution in [0.5, 0.6) is 0 Å². The Morgan fingerprint density at radius 2 is 1.04 bits per heavy atom. The summed E-state index contributed by atoms with van der Waals surface area (Å²) in [6, 6.07) is 0. The monoisotopic (exact) mass is 375 g/mol. The molecule has 0 rings (SSSR count). The standard InChI is InChI=1S/2C7H11NO3.Cu/c2*1-3-5(8-4-2)6(9)7(10)11;/h2*3,8H,4H2,1-2H3,(H,10,11);/q;;+2/p-2. The van der Waals surface area contributed by atoms with Crippen molar-refractivity contribution in [2.24, 2.45) is 0 Å². The minimum atomic E-state index is -1.68. The number of hydrogen-bond donors (Lipinski definition) is 2. The molecule has 0 amide bonds. The molecule has 2 N–H and O–H groups in total. The zero-order valence-corrected chi connectivity index (χ0v) is 14.3. The van der Waals surface area contributed by atoms with Crippen molar-refractivity contribution in [3.63, 3.8) is 0 Å². The molecule has 0 aromatic rings. The molecule has 8 nitrogen and oxygen atoms in total. The fraction of sp³-hybridized carbons (Fsp3) is 0.429. The molecule has 0 heterocycles. The summed E-state index contributed by atoms with van der Waals surface area (Å²) >= 11 is 0. The summed E-state index contributed by atoms with van der Waals surface area (Å²) in [7, 11) is 0. The van der Waals surface area contributed by atoms with Gasteiger partial charge < -0.3 is 30.4 Å². The Hall–Kier alpha value is -2.12. The second-order valence-electron chi connectivity index (χ2n) is 3.70. The molecule has 0 aliphatic heterocycles. The van der Waals surface area contributed by atoms with Crippen LogP contribution in [0, 0.1) is 0 Å². The van der Waals surface area contributed by atoms with Gasteiger partial charge in [0.2, 0.25) is 11.6 Å². The number of carboxylic acid groups (broad SMARTS) is 2. The van der Waals surface area contributed by atoms with Gasteiger partial charge in [0.15, 0.2) is 0 Å². The van der Waals surface area contributed by atoms with E-state index in [0.717, 1.165) is 0 Å². The zero-order valence-electron chi connectivity index (χ0n) is 13.3. The maximum Gasteiger partial charge on any atom is 2.00 e. The number of hydrogen-bond acceptors (Lipinski definition) is 8. The quantitative estimate of drug-likeness (QED) is 0.273. The van der Waals surface area contributed by atoms with Gasteiger partial charge in [-0.15, -0.1) is 0 Å². The molecular weight excluding hydrogens is 356 g/mol. The molecule has 0 unspecified atom stereocenters. The third kappa shape index (κ3) is 11.1. The van der Waals surface area contributed by atoms with Crippen LogP contribution < -0.4 is 20.8 Å². The third-order valence-electron chi connectivity index (χ3n) is 2.17. The number of carbonyl (C=O) groups excluding carboxylic acids is 4. The van der Waals surface area contributed by atoms with E-state index in [1.807, 2.05) is 0 Å². The van der Waals surface area contributed by atoms with E-state index < -0.39 is 23.5 Å². The molecule has 0 bridgehead atoms. The van der Waals surface area contributed by atoms with Crippen LogP contribution in [-0.2, 0) is 36.2 Å². The summed E-state index contributed by atoms with van der Waals surface area (Å²) in [6.07, 6.45) is 2.81. The molecular formula is C14H20CuN2O6. The molecule has 23 heavy (non-hydrogen) atoms. The van der Waals surface area contributed by atoms with Crippen molar-refractivity contribution >= 4 is 23.5 Å². The Bertz CT molecular complexity index is 442. The minimum Gasteiger partial charge on any atom is -0.541 e. The van der Waals surface area contributed by atoms with E-state index in [0.29, 0.717) is 13.1 Å². The molecule has 0 spiro atoms. The molecule has 0 aliphatic carbocycles. The van der Waals surface area contributed by atoms with Crippen LogP contribution in [0.1, 0.15) is 27.7 Å². The van der Waals surface area contributed by atoms with Gasteiger partial charge in [0.1, 0.15) is 11.9 Å². The van der Waals surface area contributed by atoms with Crippen molar-refractivity contribution in [1.29, 1.82) is 0 Å². The van der Waals surface area contributed by atoms with E-state index in [9.17, 15) is 29.4 Å². The number of carboxylic acids is 2. The third-order valence-corrected chi connectivity index (χ3v) is 2.17. The molecule has 9 heteroatoms. The maximum atomic E-state index is 10.7. The molecule has 0 aromatic heterocycles. The Morgan fingerprint density at radius 3 is 1.17 bits per heavy atom. The van der Waals surface area contributed by atoms with E-state index in [1.54, 1.807) is 27.7 Å². The van der Waals surface area contributed by atoms with Crippen LogP contribution in [0.3, 0.4) is 0 Å². The van der Waals surface area contributed by atoms with Gasteiger partial charge in [-0.3, -0.25) is 9.59 Å². The summed E-state index contributed by atoms with van der Waals surface area (Å²) in [6.45, 7) is 7.73. The number of rotatable bonds is 8. The molecule has 0 saturated carbocycles. The van der Waals surface area contributed by atoms with Gasteiger partial charge in [0.25, 0.3) is 0 Å². The van der Waals surface area contributed by atoms with Crippen molar-refractivity contribution < 1.29 is 46.5 Å². The average Bonchev–Trinajstić information content (AvgIpc) is 2.49. The number of nitrogens with one attached hydrogen (secondary N) is 2. The number of likely N-dealkylation sites (N-methyl/N-ethyl adjacent to an activating group) is 2. The number of ketones is 2. The van der Waals surface area contributed by atoms with Crippen molar-refractivity contribution in [1.82, 2.24) is 10.6 Å². The largest absolute Gasteiger partial charge is 2.00 e. The van der Waals surface area contributed by atoms with Crippen LogP contribution in [0.4, 0.5) is 0 Å². The second kappa shape index (κ2) is 14.8. The Morgan fingerprint density at radius 1 is 0.783 bits per heavy atom. The van der Waals surface area contributed by atoms with Crippen LogP contribution in [0.25, 0.3) is 0 Å². The molecule has 0 saturated heterocycles. The predicted molar refractivity (Wildman–Crippen MR) is 74.9 cm³/mol. The molecule has 133 valence electrons. The van der Waals surface area contributed by atoms with Gasteiger partial charge in [0.05, 0.1) is 11.4 Å². The topological polar surface area (TPSA) is 138 Å². The van der Waals surface area contributed by atoms with E-state index >= 15 is 0 Å². The first-order chi connectivity index (χ1) is 10.3. The first kappa shape index (κ1) is 25.8. The fourth-order valence-electron chi connectivity index (χ4n) is 1.23. The normalized spacial score (nSPS) is 10.4. The van der Waals surface area contributed by atoms with E-state index in [4.69, 9.17) is 0 Å². The van der Waals surface area contributed by atoms with E-state index in [-0.39, 0.29) is 28.5 Å². The summed E-state index contributed by atoms with van der Waals surface area (Å²) in [4.78, 5) is 41.4. The number of carbonyl (C=O) groups is 4. The number of Topliss-reactive ketones (excluding diaryl/α,β-unsaturated/α-hetero) is 2. The van der Waals surface area contributed by atoms with Crippen LogP contribution in [0.15, 0.2) is 23.5 Å². The van der Waals surface area contributed by atoms with Crippen LogP contribution >= 0.6 is 0 Å². The van der Waals surface area contributed by atoms with Crippen molar-refractivity contribution in [3.8, 4) is 0 Å². The summed E-state index contributed by atoms with van der Waals surface area (Å²) in [5.74, 6) is -5.37. The minimum absolute atomic E-state index is 0. The van der Waals surface area contributed by atoms with Crippen LogP contribution in [0.2, 0.25) is 0 Å². The molecule has 0 fully saturated rings. The van der Waals surface area contributed by atoms with Gasteiger partial charge in [-0.1, -0.05) is 12.2 Å². The van der Waals surface area contributed by atoms with E-state index in [2.05, 4.69) is 10.6 Å². The average molecular weight is 376 g/mol. The van der Waals surface area contributed by atoms with Crippen molar-refractivity contribution in [2.45, 2.75) is 27.7 Å². The molecule has 0 atom stereocenters. The van der Waals surface area contributed by atoms with Crippen molar-refractivity contribution in [2.75, 3.05) is 13.1 Å². The predicted octanol–water partition coefficient (Wildman–Crippen LogP) is -2.37. The smallest absolute Gasteiger partial charge is 0.541 e. The maximum absolute atomic E-state index is 10.7. The van der Waals surface area contributed by atoms with E-state index in [1.165, 1.54) is 12.2 Å². The second-order valence-corrected chi connectivity index (χ2v) is 3.70. The van der Waals surface area contributed by atoms with Crippen LogP contribution in [-0.4, -0.2) is 36.6 Å².